The second-order valence-corrected chi connectivity index (χ2v) is 5.78. The highest BCUT2D eigenvalue weighted by Crippen LogP contribution is 2.21. The molecule has 0 aromatic heterocycles. The van der Waals surface area contributed by atoms with Gasteiger partial charge < -0.3 is 15.8 Å². The number of nitrogen functional groups attached to an aromatic ring is 1. The number of hydrogen-bond donors (Lipinski definition) is 3. The molecule has 0 heterocycles. The zero-order chi connectivity index (χ0) is 14.5. The summed E-state index contributed by atoms with van der Waals surface area (Å²) in [6.07, 6.45) is 0. The Hall–Kier alpha value is -1.80. The number of nitrogens with one attached hydrogen (secondary N) is 2. The summed E-state index contributed by atoms with van der Waals surface area (Å²) >= 11 is 0. The summed E-state index contributed by atoms with van der Waals surface area (Å²) in [5.74, 6) is -0.0871. The molecule has 0 atom stereocenters. The lowest BCUT2D eigenvalue weighted by Crippen LogP contribution is -2.32. The summed E-state index contributed by atoms with van der Waals surface area (Å²) in [6, 6.07) is 4.60. The predicted molar refractivity (Wildman–Crippen MR) is 72.6 cm³/mol. The lowest BCUT2D eigenvalue weighted by atomic mass is 10.2. The number of nitrogens with two attached hydrogens (primary N) is 1. The molecule has 0 fully saturated rings. The number of rotatable bonds is 6. The number of carbonyl (C=O) groups is 1. The molecule has 4 N–H and O–H groups in total. The van der Waals surface area contributed by atoms with Gasteiger partial charge in [0.2, 0.25) is 10.0 Å². The lowest BCUT2D eigenvalue weighted by molar-refractivity contribution is 0.0956. The smallest absolute Gasteiger partial charge is 0.251 e. The molecule has 0 radical (unpaired) electrons. The molecular weight excluding hydrogens is 270 g/mol. The van der Waals surface area contributed by atoms with Gasteiger partial charge in [0.25, 0.3) is 5.91 Å². The maximum absolute atomic E-state index is 11.7. The molecule has 106 valence electrons. The van der Waals surface area contributed by atoms with E-state index >= 15 is 0 Å². The van der Waals surface area contributed by atoms with Crippen molar-refractivity contribution in [3.05, 3.63) is 23.8 Å². The van der Waals surface area contributed by atoms with Crippen LogP contribution in [0.4, 0.5) is 5.69 Å². The van der Waals surface area contributed by atoms with Crippen LogP contribution in [0.15, 0.2) is 18.2 Å². The van der Waals surface area contributed by atoms with Crippen molar-refractivity contribution in [2.24, 2.45) is 0 Å². The molecule has 0 aliphatic carbocycles. The van der Waals surface area contributed by atoms with E-state index in [1.807, 2.05) is 0 Å². The Labute approximate surface area is 112 Å². The van der Waals surface area contributed by atoms with Crippen LogP contribution in [0.2, 0.25) is 0 Å². The van der Waals surface area contributed by atoms with Gasteiger partial charge in [-0.3, -0.25) is 4.79 Å². The van der Waals surface area contributed by atoms with Crippen LogP contribution in [-0.4, -0.2) is 40.8 Å². The summed E-state index contributed by atoms with van der Waals surface area (Å²) in [6.45, 7) is 0.0218. The third-order valence-corrected chi connectivity index (χ3v) is 3.82. The molecule has 1 aromatic rings. The van der Waals surface area contributed by atoms with Gasteiger partial charge in [0.15, 0.2) is 0 Å². The Bertz CT molecular complexity index is 557. The zero-order valence-electron chi connectivity index (χ0n) is 10.8. The Morgan fingerprint density at radius 1 is 1.42 bits per heavy atom. The Morgan fingerprint density at radius 2 is 2.11 bits per heavy atom. The minimum atomic E-state index is -3.33. The number of amides is 1. The van der Waals surface area contributed by atoms with Crippen LogP contribution >= 0.6 is 0 Å². The van der Waals surface area contributed by atoms with E-state index in [0.29, 0.717) is 17.0 Å². The molecule has 0 aliphatic rings. The summed E-state index contributed by atoms with van der Waals surface area (Å²) in [7, 11) is -0.525. The number of hydrogen-bond acceptors (Lipinski definition) is 5. The van der Waals surface area contributed by atoms with Crippen molar-refractivity contribution >= 4 is 21.6 Å². The number of anilines is 1. The predicted octanol–water partition coefficient (Wildman–Crippen LogP) is -0.444. The van der Waals surface area contributed by atoms with E-state index in [2.05, 4.69) is 10.0 Å². The van der Waals surface area contributed by atoms with E-state index in [0.717, 1.165) is 0 Å². The van der Waals surface area contributed by atoms with Crippen molar-refractivity contribution in [1.29, 1.82) is 0 Å². The molecule has 1 amide bonds. The number of carbonyl (C=O) groups excluding carboxylic acids is 1. The topological polar surface area (TPSA) is 111 Å². The number of sulfonamides is 1. The maximum Gasteiger partial charge on any atom is 0.251 e. The summed E-state index contributed by atoms with van der Waals surface area (Å²) in [4.78, 5) is 11.7. The fourth-order valence-electron chi connectivity index (χ4n) is 1.38. The Balaban J connectivity index is 2.62. The first-order valence-electron chi connectivity index (χ1n) is 5.52. The van der Waals surface area contributed by atoms with Crippen LogP contribution in [-0.2, 0) is 10.0 Å². The molecular formula is C11H17N3O4S. The van der Waals surface area contributed by atoms with Crippen LogP contribution in [0.25, 0.3) is 0 Å². The third-order valence-electron chi connectivity index (χ3n) is 2.46. The van der Waals surface area contributed by atoms with Crippen molar-refractivity contribution in [2.45, 2.75) is 0 Å². The van der Waals surface area contributed by atoms with Crippen LogP contribution in [0.5, 0.6) is 5.75 Å². The molecule has 0 unspecified atom stereocenters. The normalized spacial score (nSPS) is 11.1. The van der Waals surface area contributed by atoms with E-state index < -0.39 is 10.0 Å². The minimum absolute atomic E-state index is 0.0218. The van der Waals surface area contributed by atoms with Crippen molar-refractivity contribution in [1.82, 2.24) is 10.0 Å². The molecule has 0 saturated carbocycles. The largest absolute Gasteiger partial charge is 0.495 e. The van der Waals surface area contributed by atoms with E-state index in [4.69, 9.17) is 10.5 Å². The van der Waals surface area contributed by atoms with Gasteiger partial charge in [-0.25, -0.2) is 13.1 Å². The number of benzene rings is 1. The summed E-state index contributed by atoms with van der Waals surface area (Å²) in [5, 5.41) is 2.50. The molecule has 8 heteroatoms. The standard InChI is InChI=1S/C11H17N3O4S/c1-13-19(16,17)6-5-14-11(15)8-3-4-10(18-2)9(12)7-8/h3-4,7,13H,5-6,12H2,1-2H3,(H,14,15). The first-order valence-corrected chi connectivity index (χ1v) is 7.18. The highest BCUT2D eigenvalue weighted by molar-refractivity contribution is 7.89. The van der Waals surface area contributed by atoms with Crippen molar-refractivity contribution < 1.29 is 17.9 Å². The summed E-state index contributed by atoms with van der Waals surface area (Å²) < 4.78 is 29.5. The fraction of sp³-hybridized carbons (Fsp3) is 0.364. The van der Waals surface area contributed by atoms with Gasteiger partial charge in [-0.05, 0) is 25.2 Å². The van der Waals surface area contributed by atoms with Gasteiger partial charge in [-0.2, -0.15) is 0 Å². The fourth-order valence-corrected chi connectivity index (χ4v) is 1.95. The molecule has 0 spiro atoms. The molecule has 0 saturated heterocycles. The lowest BCUT2D eigenvalue weighted by Gasteiger charge is -2.08. The monoisotopic (exact) mass is 287 g/mol. The van der Waals surface area contributed by atoms with E-state index in [-0.39, 0.29) is 18.2 Å². The van der Waals surface area contributed by atoms with Crippen LogP contribution in [0, 0.1) is 0 Å². The first kappa shape index (κ1) is 15.3. The second-order valence-electron chi connectivity index (χ2n) is 3.74. The van der Waals surface area contributed by atoms with Crippen molar-refractivity contribution in [3.63, 3.8) is 0 Å². The quantitative estimate of drug-likeness (QED) is 0.614. The van der Waals surface area contributed by atoms with Gasteiger partial charge in [0.1, 0.15) is 5.75 Å². The van der Waals surface area contributed by atoms with Gasteiger partial charge in [0, 0.05) is 12.1 Å². The van der Waals surface area contributed by atoms with Gasteiger partial charge in [-0.1, -0.05) is 0 Å². The van der Waals surface area contributed by atoms with Gasteiger partial charge in [-0.15, -0.1) is 0 Å². The molecule has 0 aliphatic heterocycles. The molecule has 0 bridgehead atoms. The minimum Gasteiger partial charge on any atom is -0.495 e. The number of ether oxygens (including phenoxy) is 1. The van der Waals surface area contributed by atoms with E-state index in [9.17, 15) is 13.2 Å². The van der Waals surface area contributed by atoms with Crippen molar-refractivity contribution in [3.8, 4) is 5.75 Å². The van der Waals surface area contributed by atoms with Crippen molar-refractivity contribution in [2.75, 3.05) is 32.2 Å². The Kier molecular flexibility index (Phi) is 5.13. The average molecular weight is 287 g/mol. The van der Waals surface area contributed by atoms with E-state index in [1.54, 1.807) is 12.1 Å². The number of methoxy groups -OCH3 is 1. The highest BCUT2D eigenvalue weighted by Gasteiger charge is 2.10. The van der Waals surface area contributed by atoms with Gasteiger partial charge >= 0.3 is 0 Å². The van der Waals surface area contributed by atoms with E-state index in [1.165, 1.54) is 20.2 Å². The maximum atomic E-state index is 11.7. The molecule has 1 rings (SSSR count). The molecule has 19 heavy (non-hydrogen) atoms. The third kappa shape index (κ3) is 4.42. The van der Waals surface area contributed by atoms with Crippen LogP contribution in [0.3, 0.4) is 0 Å². The summed E-state index contributed by atoms with van der Waals surface area (Å²) in [5.41, 5.74) is 6.37. The average Bonchev–Trinajstić information content (AvgIpc) is 2.38. The molecule has 1 aromatic carbocycles. The second kappa shape index (κ2) is 6.39. The van der Waals surface area contributed by atoms with Gasteiger partial charge in [0.05, 0.1) is 18.6 Å². The van der Waals surface area contributed by atoms with Crippen LogP contribution in [0.1, 0.15) is 10.4 Å². The van der Waals surface area contributed by atoms with Crippen LogP contribution < -0.4 is 20.5 Å². The Morgan fingerprint density at radius 3 is 2.63 bits per heavy atom. The SMILES string of the molecule is CNS(=O)(=O)CCNC(=O)c1ccc(OC)c(N)c1. The molecule has 7 nitrogen and oxygen atoms in total. The first-order chi connectivity index (χ1) is 8.89. The zero-order valence-corrected chi connectivity index (χ0v) is 11.6. The highest BCUT2D eigenvalue weighted by atomic mass is 32.2.